The monoisotopic (exact) mass is 259 g/mol. The van der Waals surface area contributed by atoms with Crippen LogP contribution in [0.5, 0.6) is 0 Å². The van der Waals surface area contributed by atoms with Crippen molar-refractivity contribution >= 4 is 18.3 Å². The summed E-state index contributed by atoms with van der Waals surface area (Å²) in [5, 5.41) is 9.79. The molecule has 0 spiro atoms. The molecule has 2 rings (SSSR count). The molecule has 6 heteroatoms. The third kappa shape index (κ3) is 3.71. The van der Waals surface area contributed by atoms with Gasteiger partial charge in [0.05, 0.1) is 18.3 Å². The van der Waals surface area contributed by atoms with Gasteiger partial charge < -0.3 is 15.2 Å². The number of nitrogens with one attached hydrogen (secondary N) is 2. The summed E-state index contributed by atoms with van der Waals surface area (Å²) in [6.07, 6.45) is 2.88. The van der Waals surface area contributed by atoms with Crippen LogP contribution in [-0.4, -0.2) is 23.7 Å². The van der Waals surface area contributed by atoms with Gasteiger partial charge in [0.2, 0.25) is 5.91 Å². The molecule has 1 atom stereocenters. The van der Waals surface area contributed by atoms with E-state index in [1.807, 2.05) is 6.07 Å². The van der Waals surface area contributed by atoms with Crippen molar-refractivity contribution in [2.24, 2.45) is 0 Å². The van der Waals surface area contributed by atoms with Crippen molar-refractivity contribution < 1.29 is 9.32 Å². The second kappa shape index (κ2) is 6.61. The highest BCUT2D eigenvalue weighted by Crippen LogP contribution is 2.06. The molecule has 0 bridgehead atoms. The lowest BCUT2D eigenvalue weighted by molar-refractivity contribution is -0.124. The number of rotatable bonds is 5. The van der Waals surface area contributed by atoms with Crippen LogP contribution in [0.3, 0.4) is 0 Å². The average Bonchev–Trinajstić information content (AvgIpc) is 2.61. The van der Waals surface area contributed by atoms with Crippen molar-refractivity contribution in [3.63, 3.8) is 0 Å². The normalized spacial score (nSPS) is 18.1. The van der Waals surface area contributed by atoms with Crippen molar-refractivity contribution in [3.05, 3.63) is 17.5 Å². The van der Waals surface area contributed by atoms with E-state index in [9.17, 15) is 4.79 Å². The van der Waals surface area contributed by atoms with E-state index in [-0.39, 0.29) is 24.4 Å². The summed E-state index contributed by atoms with van der Waals surface area (Å²) in [6, 6.07) is 1.89. The van der Waals surface area contributed by atoms with Crippen molar-refractivity contribution in [2.45, 2.75) is 38.8 Å². The van der Waals surface area contributed by atoms with Crippen LogP contribution in [-0.2, 0) is 17.8 Å². The predicted octanol–water partition coefficient (Wildman–Crippen LogP) is 1.03. The first kappa shape index (κ1) is 14.0. The largest absolute Gasteiger partial charge is 0.359 e. The number of nitrogens with zero attached hydrogens (tertiary/aromatic N) is 1. The minimum Gasteiger partial charge on any atom is -0.359 e. The maximum atomic E-state index is 11.5. The van der Waals surface area contributed by atoms with Crippen LogP contribution >= 0.6 is 12.4 Å². The molecular formula is C11H18ClN3O2. The van der Waals surface area contributed by atoms with Gasteiger partial charge in [0.15, 0.2) is 5.76 Å². The van der Waals surface area contributed by atoms with Gasteiger partial charge in [-0.25, -0.2) is 0 Å². The molecule has 1 saturated heterocycles. The number of hydrogen-bond donors (Lipinski definition) is 2. The highest BCUT2D eigenvalue weighted by molar-refractivity contribution is 5.85. The number of aryl methyl sites for hydroxylation is 1. The number of carbonyl (C=O) groups excluding carboxylic acids is 1. The summed E-state index contributed by atoms with van der Waals surface area (Å²) >= 11 is 0. The van der Waals surface area contributed by atoms with Crippen molar-refractivity contribution in [3.8, 4) is 0 Å². The fourth-order valence-corrected chi connectivity index (χ4v) is 1.62. The molecule has 1 aliphatic heterocycles. The molecule has 0 radical (unpaired) electrons. The molecule has 17 heavy (non-hydrogen) atoms. The Morgan fingerprint density at radius 3 is 3.06 bits per heavy atom. The Morgan fingerprint density at radius 2 is 2.47 bits per heavy atom. The molecule has 2 N–H and O–H groups in total. The van der Waals surface area contributed by atoms with Crippen LogP contribution in [0.1, 0.15) is 31.2 Å². The second-order valence-corrected chi connectivity index (χ2v) is 4.05. The van der Waals surface area contributed by atoms with Gasteiger partial charge in [-0.05, 0) is 19.4 Å². The second-order valence-electron chi connectivity index (χ2n) is 4.05. The Balaban J connectivity index is 0.00000144. The predicted molar refractivity (Wildman–Crippen MR) is 66.0 cm³/mol. The Morgan fingerprint density at radius 1 is 1.71 bits per heavy atom. The molecular weight excluding hydrogens is 242 g/mol. The summed E-state index contributed by atoms with van der Waals surface area (Å²) in [7, 11) is 0. The number of aromatic nitrogens is 1. The summed E-state index contributed by atoms with van der Waals surface area (Å²) in [5.41, 5.74) is 0.952. The number of hydrogen-bond acceptors (Lipinski definition) is 4. The Kier molecular flexibility index (Phi) is 5.44. The highest BCUT2D eigenvalue weighted by atomic mass is 35.5. The number of carbonyl (C=O) groups is 1. The van der Waals surface area contributed by atoms with E-state index in [1.54, 1.807) is 0 Å². The van der Waals surface area contributed by atoms with Gasteiger partial charge in [0.25, 0.3) is 0 Å². The summed E-state index contributed by atoms with van der Waals surface area (Å²) < 4.78 is 5.11. The van der Waals surface area contributed by atoms with Crippen LogP contribution in [0.4, 0.5) is 0 Å². The first-order valence-corrected chi connectivity index (χ1v) is 5.75. The topological polar surface area (TPSA) is 67.2 Å². The van der Waals surface area contributed by atoms with Crippen LogP contribution in [0.25, 0.3) is 0 Å². The van der Waals surface area contributed by atoms with Crippen LogP contribution < -0.4 is 10.6 Å². The maximum absolute atomic E-state index is 11.5. The maximum Gasteiger partial charge on any atom is 0.237 e. The van der Waals surface area contributed by atoms with Gasteiger partial charge in [-0.3, -0.25) is 4.79 Å². The minimum absolute atomic E-state index is 0. The quantitative estimate of drug-likeness (QED) is 0.829. The van der Waals surface area contributed by atoms with Gasteiger partial charge in [-0.15, -0.1) is 12.4 Å². The molecule has 1 aromatic rings. The lowest BCUT2D eigenvalue weighted by Gasteiger charge is -2.25. The molecule has 1 aliphatic rings. The lowest BCUT2D eigenvalue weighted by atomic mass is 10.1. The molecule has 1 fully saturated rings. The van der Waals surface area contributed by atoms with E-state index in [2.05, 4.69) is 22.7 Å². The number of halogens is 1. The molecule has 0 aliphatic carbocycles. The molecule has 1 aromatic heterocycles. The number of amides is 1. The average molecular weight is 260 g/mol. The Bertz CT molecular complexity index is 363. The molecule has 1 unspecified atom stereocenters. The van der Waals surface area contributed by atoms with Crippen LogP contribution in [0.15, 0.2) is 10.6 Å². The van der Waals surface area contributed by atoms with Gasteiger partial charge >= 0.3 is 0 Å². The third-order valence-electron chi connectivity index (χ3n) is 2.69. The van der Waals surface area contributed by atoms with Crippen LogP contribution in [0.2, 0.25) is 0 Å². The van der Waals surface area contributed by atoms with Crippen molar-refractivity contribution in [2.75, 3.05) is 6.54 Å². The summed E-state index contributed by atoms with van der Waals surface area (Å²) in [4.78, 5) is 11.5. The lowest BCUT2D eigenvalue weighted by Crippen LogP contribution is -2.52. The van der Waals surface area contributed by atoms with Crippen LogP contribution in [0, 0.1) is 0 Å². The zero-order valence-corrected chi connectivity index (χ0v) is 10.7. The van der Waals surface area contributed by atoms with Gasteiger partial charge in [-0.1, -0.05) is 18.5 Å². The van der Waals surface area contributed by atoms with Gasteiger partial charge in [0, 0.05) is 6.07 Å². The standard InChI is InChI=1S/C11H17N3O2.ClH/c1-2-3-8-6-9(16-14-8)7-13-11(15)10-4-5-12-10;/h6,10,12H,2-5,7H2,1H3,(H,13,15);1H. The first-order chi connectivity index (χ1) is 7.79. The van der Waals surface area contributed by atoms with E-state index < -0.39 is 0 Å². The van der Waals surface area contributed by atoms with E-state index in [0.717, 1.165) is 37.3 Å². The smallest absolute Gasteiger partial charge is 0.237 e. The third-order valence-corrected chi connectivity index (χ3v) is 2.69. The molecule has 2 heterocycles. The van der Waals surface area contributed by atoms with E-state index in [1.165, 1.54) is 0 Å². The van der Waals surface area contributed by atoms with Gasteiger partial charge in [-0.2, -0.15) is 0 Å². The first-order valence-electron chi connectivity index (χ1n) is 5.75. The molecule has 96 valence electrons. The molecule has 0 saturated carbocycles. The van der Waals surface area contributed by atoms with Crippen molar-refractivity contribution in [1.82, 2.24) is 15.8 Å². The SMILES string of the molecule is CCCc1cc(CNC(=O)C2CCN2)on1.Cl. The zero-order chi connectivity index (χ0) is 11.4. The Labute approximate surface area is 107 Å². The molecule has 1 amide bonds. The summed E-state index contributed by atoms with van der Waals surface area (Å²) in [5.74, 6) is 0.760. The fourth-order valence-electron chi connectivity index (χ4n) is 1.62. The van der Waals surface area contributed by atoms with Gasteiger partial charge in [0.1, 0.15) is 0 Å². The van der Waals surface area contributed by atoms with Crippen molar-refractivity contribution in [1.29, 1.82) is 0 Å². The van der Waals surface area contributed by atoms with E-state index >= 15 is 0 Å². The molecule has 0 aromatic carbocycles. The molecule has 5 nitrogen and oxygen atoms in total. The minimum atomic E-state index is -0.0157. The van der Waals surface area contributed by atoms with E-state index in [4.69, 9.17) is 4.52 Å². The Hall–Kier alpha value is -1.07. The fraction of sp³-hybridized carbons (Fsp3) is 0.636. The summed E-state index contributed by atoms with van der Waals surface area (Å²) in [6.45, 7) is 3.45. The zero-order valence-electron chi connectivity index (χ0n) is 9.86. The highest BCUT2D eigenvalue weighted by Gasteiger charge is 2.24. The van der Waals surface area contributed by atoms with E-state index in [0.29, 0.717) is 6.54 Å².